The fourth-order valence-electron chi connectivity index (χ4n) is 1.10. The molecule has 1 aromatic rings. The molecule has 0 spiro atoms. The summed E-state index contributed by atoms with van der Waals surface area (Å²) in [6, 6.07) is 6.02. The molecule has 0 saturated carbocycles. The first-order chi connectivity index (χ1) is 6.92. The van der Waals surface area contributed by atoms with Crippen LogP contribution < -0.4 is 4.74 Å². The van der Waals surface area contributed by atoms with Gasteiger partial charge in [0.25, 0.3) is 0 Å². The van der Waals surface area contributed by atoms with Crippen LogP contribution in [0.2, 0.25) is 19.6 Å². The summed E-state index contributed by atoms with van der Waals surface area (Å²) in [5, 5.41) is 0. The molecule has 1 aromatic carbocycles. The molecule has 0 amide bonds. The minimum atomic E-state index is -1.43. The lowest BCUT2D eigenvalue weighted by Crippen LogP contribution is -2.24. The summed E-state index contributed by atoms with van der Waals surface area (Å²) >= 11 is 3.46. The van der Waals surface area contributed by atoms with E-state index < -0.39 is 8.32 Å². The molecule has 1 rings (SSSR count). The minimum absolute atomic E-state index is 0.679. The zero-order valence-electron chi connectivity index (χ0n) is 9.63. The van der Waals surface area contributed by atoms with Crippen molar-refractivity contribution in [1.82, 2.24) is 0 Å². The van der Waals surface area contributed by atoms with E-state index in [2.05, 4.69) is 35.6 Å². The van der Waals surface area contributed by atoms with Gasteiger partial charge in [-0.1, -0.05) is 6.07 Å². The van der Waals surface area contributed by atoms with Crippen LogP contribution >= 0.6 is 15.9 Å². The van der Waals surface area contributed by atoms with Gasteiger partial charge in [0.05, 0.1) is 18.2 Å². The minimum Gasteiger partial charge on any atom is -0.496 e. The van der Waals surface area contributed by atoms with Gasteiger partial charge in [-0.05, 0) is 53.3 Å². The molecule has 0 heterocycles. The molecule has 0 aliphatic carbocycles. The Morgan fingerprint density at radius 3 is 2.40 bits per heavy atom. The van der Waals surface area contributed by atoms with E-state index in [-0.39, 0.29) is 0 Å². The summed E-state index contributed by atoms with van der Waals surface area (Å²) in [5.74, 6) is 0.853. The van der Waals surface area contributed by atoms with Gasteiger partial charge < -0.3 is 9.16 Å². The van der Waals surface area contributed by atoms with Gasteiger partial charge in [0.15, 0.2) is 8.32 Å². The van der Waals surface area contributed by atoms with Gasteiger partial charge >= 0.3 is 0 Å². The Hall–Kier alpha value is -0.323. The molecule has 0 unspecified atom stereocenters. The number of halogens is 1. The van der Waals surface area contributed by atoms with Crippen LogP contribution in [0.15, 0.2) is 22.7 Å². The molecule has 2 nitrogen and oxygen atoms in total. The van der Waals surface area contributed by atoms with Crippen molar-refractivity contribution >= 4 is 24.2 Å². The normalized spacial score (nSPS) is 11.5. The third-order valence-electron chi connectivity index (χ3n) is 1.89. The van der Waals surface area contributed by atoms with Crippen LogP contribution in [0.25, 0.3) is 0 Å². The standard InChI is InChI=1S/C11H17BrO2Si/c1-13-11-6-5-9(7-10(11)12)8-14-15(2,3)4/h5-7H,8H2,1-4H3. The summed E-state index contributed by atoms with van der Waals surface area (Å²) in [5.41, 5.74) is 1.17. The van der Waals surface area contributed by atoms with E-state index in [0.717, 1.165) is 10.2 Å². The van der Waals surface area contributed by atoms with E-state index in [4.69, 9.17) is 9.16 Å². The van der Waals surface area contributed by atoms with Gasteiger partial charge in [-0.15, -0.1) is 0 Å². The highest BCUT2D eigenvalue weighted by Crippen LogP contribution is 2.26. The van der Waals surface area contributed by atoms with Crippen molar-refractivity contribution in [1.29, 1.82) is 0 Å². The molecule has 4 heteroatoms. The molecule has 0 radical (unpaired) electrons. The fourth-order valence-corrected chi connectivity index (χ4v) is 2.29. The zero-order chi connectivity index (χ0) is 11.5. The van der Waals surface area contributed by atoms with E-state index in [0.29, 0.717) is 6.61 Å². The fraction of sp³-hybridized carbons (Fsp3) is 0.455. The number of ether oxygens (including phenoxy) is 1. The van der Waals surface area contributed by atoms with Gasteiger partial charge in [-0.25, -0.2) is 0 Å². The van der Waals surface area contributed by atoms with E-state index in [1.54, 1.807) is 7.11 Å². The third-order valence-corrected chi connectivity index (χ3v) is 3.52. The van der Waals surface area contributed by atoms with Crippen molar-refractivity contribution in [3.63, 3.8) is 0 Å². The Labute approximate surface area is 101 Å². The molecule has 0 fully saturated rings. The Morgan fingerprint density at radius 2 is 1.93 bits per heavy atom. The van der Waals surface area contributed by atoms with Crippen molar-refractivity contribution in [2.24, 2.45) is 0 Å². The van der Waals surface area contributed by atoms with Crippen LogP contribution in [0.4, 0.5) is 0 Å². The van der Waals surface area contributed by atoms with Gasteiger partial charge in [0.1, 0.15) is 5.75 Å². The molecule has 0 bridgehead atoms. The van der Waals surface area contributed by atoms with Crippen molar-refractivity contribution in [3.05, 3.63) is 28.2 Å². The lowest BCUT2D eigenvalue weighted by Gasteiger charge is -2.17. The predicted octanol–water partition coefficient (Wildman–Crippen LogP) is 3.81. The molecule has 0 atom stereocenters. The summed E-state index contributed by atoms with van der Waals surface area (Å²) in [7, 11) is 0.239. The average molecular weight is 289 g/mol. The van der Waals surface area contributed by atoms with Gasteiger partial charge in [0.2, 0.25) is 0 Å². The maximum absolute atomic E-state index is 5.82. The van der Waals surface area contributed by atoms with E-state index in [1.807, 2.05) is 18.2 Å². The molecule has 0 saturated heterocycles. The SMILES string of the molecule is COc1ccc(CO[Si](C)(C)C)cc1Br. The van der Waals surface area contributed by atoms with Crippen LogP contribution in [0, 0.1) is 0 Å². The largest absolute Gasteiger partial charge is 0.496 e. The van der Waals surface area contributed by atoms with Crippen LogP contribution in [-0.2, 0) is 11.0 Å². The predicted molar refractivity (Wildman–Crippen MR) is 68.8 cm³/mol. The first-order valence-electron chi connectivity index (χ1n) is 4.89. The van der Waals surface area contributed by atoms with Crippen molar-refractivity contribution in [2.75, 3.05) is 7.11 Å². The smallest absolute Gasteiger partial charge is 0.184 e. The first kappa shape index (κ1) is 12.7. The first-order valence-corrected chi connectivity index (χ1v) is 9.09. The number of methoxy groups -OCH3 is 1. The van der Waals surface area contributed by atoms with Crippen LogP contribution in [0.3, 0.4) is 0 Å². The molecule has 0 N–H and O–H groups in total. The van der Waals surface area contributed by atoms with E-state index in [1.165, 1.54) is 5.56 Å². The molecule has 0 aliphatic heterocycles. The third kappa shape index (κ3) is 4.36. The highest BCUT2D eigenvalue weighted by molar-refractivity contribution is 9.10. The van der Waals surface area contributed by atoms with Crippen molar-refractivity contribution in [3.8, 4) is 5.75 Å². The summed E-state index contributed by atoms with van der Waals surface area (Å²) in [4.78, 5) is 0. The lowest BCUT2D eigenvalue weighted by atomic mass is 10.2. The topological polar surface area (TPSA) is 18.5 Å². The Morgan fingerprint density at radius 1 is 1.27 bits per heavy atom. The van der Waals surface area contributed by atoms with Crippen LogP contribution in [0.5, 0.6) is 5.75 Å². The average Bonchev–Trinajstić information content (AvgIpc) is 2.14. The number of rotatable bonds is 4. The summed E-state index contributed by atoms with van der Waals surface area (Å²) < 4.78 is 12.0. The van der Waals surface area contributed by atoms with Gasteiger partial charge in [-0.3, -0.25) is 0 Å². The molecular weight excluding hydrogens is 272 g/mol. The summed E-state index contributed by atoms with van der Waals surface area (Å²) in [6.07, 6.45) is 0. The Balaban J connectivity index is 2.68. The van der Waals surface area contributed by atoms with Crippen molar-refractivity contribution < 1.29 is 9.16 Å². The summed E-state index contributed by atoms with van der Waals surface area (Å²) in [6.45, 7) is 7.24. The number of benzene rings is 1. The second-order valence-electron chi connectivity index (χ2n) is 4.37. The van der Waals surface area contributed by atoms with Crippen molar-refractivity contribution in [2.45, 2.75) is 26.2 Å². The van der Waals surface area contributed by atoms with Crippen LogP contribution in [0.1, 0.15) is 5.56 Å². The quantitative estimate of drug-likeness (QED) is 0.785. The molecule has 0 aromatic heterocycles. The molecule has 84 valence electrons. The van der Waals surface area contributed by atoms with E-state index in [9.17, 15) is 0 Å². The second kappa shape index (κ2) is 5.14. The van der Waals surface area contributed by atoms with E-state index >= 15 is 0 Å². The number of hydrogen-bond acceptors (Lipinski definition) is 2. The highest BCUT2D eigenvalue weighted by atomic mass is 79.9. The maximum atomic E-state index is 5.82. The monoisotopic (exact) mass is 288 g/mol. The number of hydrogen-bond donors (Lipinski definition) is 0. The second-order valence-corrected chi connectivity index (χ2v) is 9.74. The van der Waals surface area contributed by atoms with Gasteiger partial charge in [-0.2, -0.15) is 0 Å². The molecule has 15 heavy (non-hydrogen) atoms. The van der Waals surface area contributed by atoms with Gasteiger partial charge in [0, 0.05) is 0 Å². The van der Waals surface area contributed by atoms with Crippen LogP contribution in [-0.4, -0.2) is 15.4 Å². The Bertz CT molecular complexity index is 334. The Kier molecular flexibility index (Phi) is 4.37. The highest BCUT2D eigenvalue weighted by Gasteiger charge is 2.14. The molecular formula is C11H17BrO2Si. The maximum Gasteiger partial charge on any atom is 0.184 e. The lowest BCUT2D eigenvalue weighted by molar-refractivity contribution is 0.299. The zero-order valence-corrected chi connectivity index (χ0v) is 12.2. The molecule has 0 aliphatic rings.